The molecule has 0 atom stereocenters. The van der Waals surface area contributed by atoms with Crippen LogP contribution in [0.5, 0.6) is 0 Å². The quantitative estimate of drug-likeness (QED) is 0.544. The molecule has 0 aromatic carbocycles. The predicted octanol–water partition coefficient (Wildman–Crippen LogP) is 0.813. The molecule has 0 aliphatic heterocycles. The van der Waals surface area contributed by atoms with Crippen LogP contribution in [0.25, 0.3) is 0 Å². The number of rotatable bonds is 0. The molecule has 56 valence electrons. The van der Waals surface area contributed by atoms with E-state index in [1.807, 2.05) is 20.8 Å². The first kappa shape index (κ1) is 7.05. The predicted molar refractivity (Wildman–Crippen MR) is 35.9 cm³/mol. The van der Waals surface area contributed by atoms with Crippen molar-refractivity contribution in [3.8, 4) is 0 Å². The Labute approximate surface area is 59.4 Å². The van der Waals surface area contributed by atoms with Gasteiger partial charge < -0.3 is 5.21 Å². The summed E-state index contributed by atoms with van der Waals surface area (Å²) < 4.78 is 0. The van der Waals surface area contributed by atoms with Gasteiger partial charge in [-0.1, -0.05) is 25.6 Å². The van der Waals surface area contributed by atoms with Crippen molar-refractivity contribution >= 4 is 0 Å². The van der Waals surface area contributed by atoms with Crippen LogP contribution >= 0.6 is 0 Å². The van der Waals surface area contributed by atoms with Crippen LogP contribution in [-0.2, 0) is 5.41 Å². The molecular weight excluding hydrogens is 130 g/mol. The molecule has 0 aliphatic carbocycles. The summed E-state index contributed by atoms with van der Waals surface area (Å²) in [4.78, 5) is 0.723. The molecule has 1 aromatic rings. The fourth-order valence-corrected chi connectivity index (χ4v) is 0.599. The van der Waals surface area contributed by atoms with E-state index in [0.717, 1.165) is 10.5 Å². The van der Waals surface area contributed by atoms with Crippen molar-refractivity contribution in [1.29, 1.82) is 0 Å². The van der Waals surface area contributed by atoms with Crippen LogP contribution in [-0.4, -0.2) is 20.4 Å². The van der Waals surface area contributed by atoms with Gasteiger partial charge in [0.25, 0.3) is 0 Å². The van der Waals surface area contributed by atoms with Gasteiger partial charge in [-0.2, -0.15) is 0 Å². The summed E-state index contributed by atoms with van der Waals surface area (Å²) in [5.74, 6) is 0. The highest BCUT2D eigenvalue weighted by Gasteiger charge is 2.17. The molecule has 0 bridgehead atoms. The van der Waals surface area contributed by atoms with E-state index in [-0.39, 0.29) is 5.41 Å². The minimum atomic E-state index is -0.0407. The first-order chi connectivity index (χ1) is 4.50. The van der Waals surface area contributed by atoms with Crippen LogP contribution in [0.4, 0.5) is 0 Å². The Morgan fingerprint density at radius 3 is 2.30 bits per heavy atom. The Balaban J connectivity index is 2.96. The summed E-state index contributed by atoms with van der Waals surface area (Å²) in [5.41, 5.74) is 0.746. The Morgan fingerprint density at radius 1 is 1.50 bits per heavy atom. The molecule has 1 aromatic heterocycles. The van der Waals surface area contributed by atoms with Crippen molar-refractivity contribution in [3.05, 3.63) is 11.9 Å². The van der Waals surface area contributed by atoms with Gasteiger partial charge in [0.2, 0.25) is 0 Å². The maximum absolute atomic E-state index is 8.76. The number of nitrogens with zero attached hydrogens (tertiary/aromatic N) is 3. The smallest absolute Gasteiger partial charge is 0.0918 e. The summed E-state index contributed by atoms with van der Waals surface area (Å²) in [6.07, 6.45) is 1.50. The second-order valence-electron chi connectivity index (χ2n) is 3.27. The third-order valence-corrected chi connectivity index (χ3v) is 1.25. The van der Waals surface area contributed by atoms with E-state index in [1.165, 1.54) is 6.20 Å². The van der Waals surface area contributed by atoms with Gasteiger partial charge in [0.15, 0.2) is 0 Å². The van der Waals surface area contributed by atoms with Crippen LogP contribution in [0, 0.1) is 0 Å². The van der Waals surface area contributed by atoms with Gasteiger partial charge in [-0.25, -0.2) is 0 Å². The average Bonchev–Trinajstić information content (AvgIpc) is 2.11. The van der Waals surface area contributed by atoms with Crippen molar-refractivity contribution < 1.29 is 5.21 Å². The van der Waals surface area contributed by atoms with E-state index < -0.39 is 0 Å². The topological polar surface area (TPSA) is 50.9 Å². The van der Waals surface area contributed by atoms with Crippen molar-refractivity contribution in [1.82, 2.24) is 15.2 Å². The van der Waals surface area contributed by atoms with Crippen LogP contribution in [0.1, 0.15) is 26.5 Å². The summed E-state index contributed by atoms with van der Waals surface area (Å²) in [7, 11) is 0. The largest absolute Gasteiger partial charge is 0.411 e. The van der Waals surface area contributed by atoms with Crippen LogP contribution < -0.4 is 0 Å². The van der Waals surface area contributed by atoms with Gasteiger partial charge >= 0.3 is 0 Å². The average molecular weight is 141 g/mol. The highest BCUT2D eigenvalue weighted by molar-refractivity contribution is 5.05. The van der Waals surface area contributed by atoms with Crippen LogP contribution in [0.2, 0.25) is 0 Å². The lowest BCUT2D eigenvalue weighted by Gasteiger charge is -2.12. The lowest BCUT2D eigenvalue weighted by molar-refractivity contribution is 0.143. The van der Waals surface area contributed by atoms with Crippen molar-refractivity contribution in [2.24, 2.45) is 0 Å². The molecule has 1 N–H and O–H groups in total. The maximum atomic E-state index is 8.76. The monoisotopic (exact) mass is 141 g/mol. The molecule has 4 nitrogen and oxygen atoms in total. The third kappa shape index (κ3) is 1.26. The highest BCUT2D eigenvalue weighted by atomic mass is 16.5. The van der Waals surface area contributed by atoms with Gasteiger partial charge in [0, 0.05) is 5.41 Å². The van der Waals surface area contributed by atoms with E-state index in [4.69, 9.17) is 5.21 Å². The molecule has 1 heterocycles. The Kier molecular flexibility index (Phi) is 1.39. The first-order valence-corrected chi connectivity index (χ1v) is 3.12. The van der Waals surface area contributed by atoms with Crippen LogP contribution in [0.3, 0.4) is 0 Å². The molecule has 0 saturated heterocycles. The Hall–Kier alpha value is -1.06. The van der Waals surface area contributed by atoms with Gasteiger partial charge in [-0.05, 0) is 5.21 Å². The zero-order chi connectivity index (χ0) is 7.78. The van der Waals surface area contributed by atoms with Gasteiger partial charge in [-0.15, -0.1) is 5.10 Å². The fraction of sp³-hybridized carbons (Fsp3) is 0.667. The minimum absolute atomic E-state index is 0.0407. The normalized spacial score (nSPS) is 11.9. The molecule has 10 heavy (non-hydrogen) atoms. The molecule has 0 unspecified atom stereocenters. The van der Waals surface area contributed by atoms with Crippen molar-refractivity contribution in [2.75, 3.05) is 0 Å². The molecular formula is C6H11N3O. The summed E-state index contributed by atoms with van der Waals surface area (Å²) >= 11 is 0. The van der Waals surface area contributed by atoms with Gasteiger partial charge in [0.05, 0.1) is 11.9 Å². The van der Waals surface area contributed by atoms with Crippen molar-refractivity contribution in [3.63, 3.8) is 0 Å². The standard InChI is InChI=1S/C6H11N3O/c1-6(2,3)5-4-9(10)8-7-5/h4,10H,1-3H3. The SMILES string of the molecule is CC(C)(C)c1cn(O)nn1. The van der Waals surface area contributed by atoms with E-state index >= 15 is 0 Å². The molecule has 0 fully saturated rings. The number of hydrogen-bond acceptors (Lipinski definition) is 3. The highest BCUT2D eigenvalue weighted by Crippen LogP contribution is 2.17. The van der Waals surface area contributed by atoms with E-state index in [1.54, 1.807) is 0 Å². The summed E-state index contributed by atoms with van der Waals surface area (Å²) in [6.45, 7) is 6.03. The fourth-order valence-electron chi connectivity index (χ4n) is 0.599. The lowest BCUT2D eigenvalue weighted by Crippen LogP contribution is -2.11. The minimum Gasteiger partial charge on any atom is -0.411 e. The Morgan fingerprint density at radius 2 is 2.10 bits per heavy atom. The van der Waals surface area contributed by atoms with Crippen LogP contribution in [0.15, 0.2) is 6.20 Å². The molecule has 0 radical (unpaired) electrons. The molecule has 4 heteroatoms. The first-order valence-electron chi connectivity index (χ1n) is 3.12. The van der Waals surface area contributed by atoms with Crippen molar-refractivity contribution in [2.45, 2.75) is 26.2 Å². The molecule has 0 aliphatic rings. The van der Waals surface area contributed by atoms with Gasteiger partial charge in [-0.3, -0.25) is 0 Å². The second kappa shape index (κ2) is 1.97. The molecule has 0 spiro atoms. The molecule has 0 saturated carbocycles. The molecule has 0 amide bonds. The second-order valence-corrected chi connectivity index (χ2v) is 3.27. The number of hydrogen-bond donors (Lipinski definition) is 1. The Bertz CT molecular complexity index is 223. The zero-order valence-corrected chi connectivity index (χ0v) is 6.37. The van der Waals surface area contributed by atoms with Gasteiger partial charge in [0.1, 0.15) is 0 Å². The maximum Gasteiger partial charge on any atom is 0.0918 e. The third-order valence-electron chi connectivity index (χ3n) is 1.25. The van der Waals surface area contributed by atoms with E-state index in [2.05, 4.69) is 10.3 Å². The van der Waals surface area contributed by atoms with E-state index in [9.17, 15) is 0 Å². The zero-order valence-electron chi connectivity index (χ0n) is 6.37. The summed E-state index contributed by atoms with van der Waals surface area (Å²) in [6, 6.07) is 0. The summed E-state index contributed by atoms with van der Waals surface area (Å²) in [5, 5.41) is 15.9. The number of aromatic nitrogens is 3. The lowest BCUT2D eigenvalue weighted by atomic mass is 9.93. The van der Waals surface area contributed by atoms with E-state index in [0.29, 0.717) is 0 Å². The molecule has 1 rings (SSSR count).